The number of hydrogen-bond donors (Lipinski definition) is 0. The topological polar surface area (TPSA) is 88.8 Å². The van der Waals surface area contributed by atoms with Gasteiger partial charge in [0.1, 0.15) is 11.5 Å². The highest BCUT2D eigenvalue weighted by atomic mass is 16.5. The predicted molar refractivity (Wildman–Crippen MR) is 189 cm³/mol. The lowest BCUT2D eigenvalue weighted by Crippen LogP contribution is -2.10. The van der Waals surface area contributed by atoms with Gasteiger partial charge in [-0.25, -0.2) is 0 Å². The second kappa shape index (κ2) is 25.7. The summed E-state index contributed by atoms with van der Waals surface area (Å²) in [6, 6.07) is 14.1. The van der Waals surface area contributed by atoms with E-state index in [0.717, 1.165) is 38.5 Å². The fourth-order valence-electron chi connectivity index (χ4n) is 5.44. The minimum absolute atomic E-state index is 0.289. The molecule has 252 valence electrons. The Kier molecular flexibility index (Phi) is 21.6. The monoisotopic (exact) mass is 630 g/mol. The highest BCUT2D eigenvalue weighted by molar-refractivity contribution is 5.84. The van der Waals surface area contributed by atoms with Gasteiger partial charge >= 0.3 is 11.9 Å². The zero-order chi connectivity index (χ0) is 33.1. The number of carbonyl (C=O) groups excluding carboxylic acids is 2. The maximum Gasteiger partial charge on any atom is 0.311 e. The van der Waals surface area contributed by atoms with Crippen LogP contribution in [-0.4, -0.2) is 18.2 Å². The van der Waals surface area contributed by atoms with Crippen molar-refractivity contribution in [1.29, 1.82) is 5.26 Å². The zero-order valence-corrected chi connectivity index (χ0v) is 28.7. The minimum atomic E-state index is -0.289. The van der Waals surface area contributed by atoms with Crippen LogP contribution in [0, 0.1) is 11.3 Å². The van der Waals surface area contributed by atoms with Crippen molar-refractivity contribution in [3.8, 4) is 17.6 Å². The van der Waals surface area contributed by atoms with E-state index in [2.05, 4.69) is 24.9 Å². The van der Waals surface area contributed by atoms with Crippen LogP contribution in [0.25, 0.3) is 0 Å². The van der Waals surface area contributed by atoms with Crippen molar-refractivity contribution in [3.05, 3.63) is 53.6 Å². The van der Waals surface area contributed by atoms with Crippen molar-refractivity contribution < 1.29 is 19.1 Å². The minimum Gasteiger partial charge on any atom is -0.426 e. The summed E-state index contributed by atoms with van der Waals surface area (Å²) in [5, 5.41) is 9.04. The van der Waals surface area contributed by atoms with E-state index in [9.17, 15) is 9.59 Å². The Morgan fingerprint density at radius 3 is 1.39 bits per heavy atom. The lowest BCUT2D eigenvalue weighted by Gasteiger charge is -2.10. The van der Waals surface area contributed by atoms with Gasteiger partial charge in [-0.2, -0.15) is 5.26 Å². The zero-order valence-electron chi connectivity index (χ0n) is 28.7. The van der Waals surface area contributed by atoms with Crippen LogP contribution < -0.4 is 9.47 Å². The summed E-state index contributed by atoms with van der Waals surface area (Å²) in [4.78, 5) is 29.8. The number of benzene rings is 2. The number of nitriles is 1. The van der Waals surface area contributed by atoms with Crippen molar-refractivity contribution in [1.82, 2.24) is 0 Å². The second-order valence-corrected chi connectivity index (χ2v) is 12.5. The highest BCUT2D eigenvalue weighted by Crippen LogP contribution is 2.25. The van der Waals surface area contributed by atoms with E-state index in [1.807, 2.05) is 0 Å². The summed E-state index contributed by atoms with van der Waals surface area (Å²) in [5.74, 6) is 0.0944. The maximum atomic E-state index is 12.7. The van der Waals surface area contributed by atoms with E-state index in [4.69, 9.17) is 14.7 Å². The quantitative estimate of drug-likeness (QED) is 0.0446. The number of unbranched alkanes of at least 4 members (excludes halogenated alkanes) is 18. The average Bonchev–Trinajstić information content (AvgIpc) is 3.05. The summed E-state index contributed by atoms with van der Waals surface area (Å²) in [6.07, 6.45) is 26.4. The van der Waals surface area contributed by atoms with E-state index in [-0.39, 0.29) is 11.9 Å². The van der Waals surface area contributed by atoms with Gasteiger partial charge in [0.2, 0.25) is 0 Å². The molecule has 0 aliphatic carbocycles. The van der Waals surface area contributed by atoms with Gasteiger partial charge in [0.05, 0.1) is 17.3 Å². The molecule has 2 rings (SSSR count). The first-order chi connectivity index (χ1) is 22.5. The van der Waals surface area contributed by atoms with Crippen LogP contribution in [0.4, 0.5) is 5.69 Å². The molecule has 0 N–H and O–H groups in total. The summed E-state index contributed by atoms with van der Waals surface area (Å²) in [5.41, 5.74) is 1.89. The number of esters is 2. The molecule has 0 atom stereocenters. The Morgan fingerprint density at radius 2 is 1.00 bits per heavy atom. The first-order valence-electron chi connectivity index (χ1n) is 18.1. The van der Waals surface area contributed by atoms with Crippen LogP contribution in [0.1, 0.15) is 166 Å². The molecule has 2 aromatic rings. The van der Waals surface area contributed by atoms with E-state index < -0.39 is 0 Å². The van der Waals surface area contributed by atoms with E-state index >= 15 is 0 Å². The van der Waals surface area contributed by atoms with Crippen molar-refractivity contribution >= 4 is 23.8 Å². The summed E-state index contributed by atoms with van der Waals surface area (Å²) < 4.78 is 11.4. The molecule has 2 aromatic carbocycles. The largest absolute Gasteiger partial charge is 0.426 e. The lowest BCUT2D eigenvalue weighted by atomic mass is 10.1. The first kappa shape index (κ1) is 38.7. The summed E-state index contributed by atoms with van der Waals surface area (Å²) >= 11 is 0. The van der Waals surface area contributed by atoms with Gasteiger partial charge in [-0.05, 0) is 49.2 Å². The Labute approximate surface area is 279 Å². The van der Waals surface area contributed by atoms with Crippen LogP contribution in [0.3, 0.4) is 0 Å². The second-order valence-electron chi connectivity index (χ2n) is 12.5. The van der Waals surface area contributed by atoms with Crippen LogP contribution in [0.2, 0.25) is 0 Å². The molecule has 0 spiro atoms. The Balaban J connectivity index is 1.86. The summed E-state index contributed by atoms with van der Waals surface area (Å²) in [6.45, 7) is 4.48. The third kappa shape index (κ3) is 19.1. The lowest BCUT2D eigenvalue weighted by molar-refractivity contribution is -0.135. The SMILES string of the molecule is CCCCCCCCCCCCC(=O)Oc1cc(C=Nc2ccc(C#N)cc2)cc(OC(=O)CCCCCCCCCCCC)c1. The molecule has 46 heavy (non-hydrogen) atoms. The molecule has 0 aliphatic heterocycles. The van der Waals surface area contributed by atoms with Gasteiger partial charge < -0.3 is 9.47 Å². The Morgan fingerprint density at radius 1 is 0.609 bits per heavy atom. The molecular weight excluding hydrogens is 572 g/mol. The van der Waals surface area contributed by atoms with Crippen molar-refractivity contribution in [2.75, 3.05) is 0 Å². The van der Waals surface area contributed by atoms with Crippen LogP contribution in [-0.2, 0) is 9.59 Å². The molecule has 6 heteroatoms. The van der Waals surface area contributed by atoms with E-state index in [1.54, 1.807) is 48.7 Å². The van der Waals surface area contributed by atoms with Crippen molar-refractivity contribution in [2.24, 2.45) is 4.99 Å². The van der Waals surface area contributed by atoms with E-state index in [1.165, 1.54) is 89.9 Å². The van der Waals surface area contributed by atoms with Gasteiger partial charge in [-0.15, -0.1) is 0 Å². The molecule has 0 fully saturated rings. The van der Waals surface area contributed by atoms with Crippen molar-refractivity contribution in [2.45, 2.75) is 155 Å². The number of ether oxygens (including phenoxy) is 2. The number of rotatable bonds is 26. The third-order valence-corrected chi connectivity index (χ3v) is 8.19. The Hall–Kier alpha value is -3.46. The molecule has 0 aliphatic rings. The first-order valence-corrected chi connectivity index (χ1v) is 18.1. The standard InChI is InChI=1S/C40H58N2O4/c1-3-5-7-9-11-13-15-17-19-21-23-39(43)45-37-29-35(33-42-36-27-25-34(32-41)26-28-36)30-38(31-37)46-40(44)24-22-20-18-16-14-12-10-8-6-4-2/h25-31,33H,3-24H2,1-2H3. The van der Waals surface area contributed by atoms with Crippen molar-refractivity contribution in [3.63, 3.8) is 0 Å². The molecule has 0 heterocycles. The molecule has 0 bridgehead atoms. The molecule has 0 radical (unpaired) electrons. The average molecular weight is 631 g/mol. The number of aliphatic imine (C=N–C) groups is 1. The van der Waals surface area contributed by atoms with Gasteiger partial charge in [-0.3, -0.25) is 14.6 Å². The van der Waals surface area contributed by atoms with Crippen LogP contribution >= 0.6 is 0 Å². The molecular formula is C40H58N2O4. The van der Waals surface area contributed by atoms with Crippen LogP contribution in [0.5, 0.6) is 11.5 Å². The molecule has 0 aromatic heterocycles. The van der Waals surface area contributed by atoms with Crippen LogP contribution in [0.15, 0.2) is 47.5 Å². The van der Waals surface area contributed by atoms with Gasteiger partial charge in [0.25, 0.3) is 0 Å². The smallest absolute Gasteiger partial charge is 0.311 e. The normalized spacial score (nSPS) is 11.1. The summed E-state index contributed by atoms with van der Waals surface area (Å²) in [7, 11) is 0. The number of carbonyl (C=O) groups is 2. The van der Waals surface area contributed by atoms with E-state index in [0.29, 0.717) is 41.2 Å². The molecule has 0 saturated heterocycles. The highest BCUT2D eigenvalue weighted by Gasteiger charge is 2.11. The molecule has 6 nitrogen and oxygen atoms in total. The third-order valence-electron chi connectivity index (χ3n) is 8.19. The Bertz CT molecular complexity index is 1130. The number of nitrogens with zero attached hydrogens (tertiary/aromatic N) is 2. The maximum absolute atomic E-state index is 12.7. The molecule has 0 unspecified atom stereocenters. The predicted octanol–water partition coefficient (Wildman–Crippen LogP) is 11.7. The number of hydrogen-bond acceptors (Lipinski definition) is 6. The van der Waals surface area contributed by atoms with Gasteiger partial charge in [0.15, 0.2) is 0 Å². The fourth-order valence-corrected chi connectivity index (χ4v) is 5.44. The van der Waals surface area contributed by atoms with Gasteiger partial charge in [0, 0.05) is 30.7 Å². The molecule has 0 amide bonds. The fraction of sp³-hybridized carbons (Fsp3) is 0.600. The van der Waals surface area contributed by atoms with Gasteiger partial charge in [-0.1, -0.05) is 129 Å². The molecule has 0 saturated carbocycles.